The molecule has 0 spiro atoms. The maximum absolute atomic E-state index is 12.5. The van der Waals surface area contributed by atoms with E-state index < -0.39 is 0 Å². The normalized spacial score (nSPS) is 23.9. The molecule has 29 heavy (non-hydrogen) atoms. The molecule has 3 fully saturated rings. The Morgan fingerprint density at radius 1 is 1.14 bits per heavy atom. The highest BCUT2D eigenvalue weighted by Gasteiger charge is 2.39. The first kappa shape index (κ1) is 22.3. The lowest BCUT2D eigenvalue weighted by atomic mass is 9.64. The van der Waals surface area contributed by atoms with Crippen LogP contribution in [0.2, 0.25) is 0 Å². The van der Waals surface area contributed by atoms with Gasteiger partial charge in [-0.3, -0.25) is 9.79 Å². The van der Waals surface area contributed by atoms with Crippen molar-refractivity contribution in [2.75, 3.05) is 46.4 Å². The van der Waals surface area contributed by atoms with Crippen molar-refractivity contribution in [2.45, 2.75) is 43.6 Å². The molecule has 6 nitrogen and oxygen atoms in total. The predicted molar refractivity (Wildman–Crippen MR) is 126 cm³/mol. The standard InChI is InChI=1S/C22H32N4O2.HI/c1-23-21(24-17-22(10-6-11-22)18-7-3-2-4-8-18)26-14-12-25(13-15-26)20(27)19-9-5-16-28-19;/h2-4,7-8,19H,5-6,9-17H2,1H3,(H,23,24);1H. The van der Waals surface area contributed by atoms with Gasteiger partial charge in [-0.25, -0.2) is 0 Å². The largest absolute Gasteiger partial charge is 0.368 e. The van der Waals surface area contributed by atoms with Crippen LogP contribution in [0.4, 0.5) is 0 Å². The second-order valence-corrected chi connectivity index (χ2v) is 8.21. The lowest BCUT2D eigenvalue weighted by Gasteiger charge is -2.44. The number of piperazine rings is 1. The van der Waals surface area contributed by atoms with Crippen LogP contribution >= 0.6 is 24.0 Å². The average Bonchev–Trinajstić information content (AvgIpc) is 3.25. The van der Waals surface area contributed by atoms with Crippen molar-refractivity contribution in [1.82, 2.24) is 15.1 Å². The molecule has 1 atom stereocenters. The highest BCUT2D eigenvalue weighted by atomic mass is 127. The van der Waals surface area contributed by atoms with Gasteiger partial charge in [0.2, 0.25) is 0 Å². The fraction of sp³-hybridized carbons (Fsp3) is 0.636. The summed E-state index contributed by atoms with van der Waals surface area (Å²) in [6, 6.07) is 10.8. The van der Waals surface area contributed by atoms with Gasteiger partial charge in [-0.1, -0.05) is 36.8 Å². The number of nitrogens with one attached hydrogen (secondary N) is 1. The number of benzene rings is 1. The van der Waals surface area contributed by atoms with Gasteiger partial charge >= 0.3 is 0 Å². The zero-order valence-corrected chi connectivity index (χ0v) is 19.6. The second kappa shape index (κ2) is 10.1. The summed E-state index contributed by atoms with van der Waals surface area (Å²) in [5.41, 5.74) is 1.66. The van der Waals surface area contributed by atoms with Crippen LogP contribution in [0.25, 0.3) is 0 Å². The van der Waals surface area contributed by atoms with Gasteiger partial charge in [0.25, 0.3) is 5.91 Å². The summed E-state index contributed by atoms with van der Waals surface area (Å²) < 4.78 is 5.56. The van der Waals surface area contributed by atoms with Gasteiger partial charge in [-0.2, -0.15) is 0 Å². The Hall–Kier alpha value is -1.35. The predicted octanol–water partition coefficient (Wildman–Crippen LogP) is 2.62. The number of halogens is 1. The zero-order chi connectivity index (χ0) is 19.4. The number of guanidine groups is 1. The molecule has 4 rings (SSSR count). The van der Waals surface area contributed by atoms with Crippen LogP contribution in [0.5, 0.6) is 0 Å². The number of rotatable bonds is 4. The summed E-state index contributed by atoms with van der Waals surface area (Å²) in [7, 11) is 1.85. The third-order valence-corrected chi connectivity index (χ3v) is 6.59. The van der Waals surface area contributed by atoms with E-state index in [1.807, 2.05) is 11.9 Å². The van der Waals surface area contributed by atoms with Gasteiger partial charge in [0.05, 0.1) is 0 Å². The van der Waals surface area contributed by atoms with Crippen LogP contribution in [0.3, 0.4) is 0 Å². The van der Waals surface area contributed by atoms with Crippen molar-refractivity contribution in [1.29, 1.82) is 0 Å². The molecule has 1 amide bonds. The van der Waals surface area contributed by atoms with Gasteiger partial charge < -0.3 is 19.9 Å². The van der Waals surface area contributed by atoms with Crippen molar-refractivity contribution in [3.8, 4) is 0 Å². The van der Waals surface area contributed by atoms with E-state index in [4.69, 9.17) is 4.74 Å². The van der Waals surface area contributed by atoms with Gasteiger partial charge in [-0.05, 0) is 31.2 Å². The molecular formula is C22H33IN4O2. The lowest BCUT2D eigenvalue weighted by Crippen LogP contribution is -2.57. The smallest absolute Gasteiger partial charge is 0.251 e. The van der Waals surface area contributed by atoms with E-state index >= 15 is 0 Å². The van der Waals surface area contributed by atoms with Crippen LogP contribution in [0, 0.1) is 0 Å². The summed E-state index contributed by atoms with van der Waals surface area (Å²) in [4.78, 5) is 21.3. The first-order chi connectivity index (χ1) is 13.7. The molecule has 3 aliphatic rings. The van der Waals surface area contributed by atoms with Crippen molar-refractivity contribution < 1.29 is 9.53 Å². The van der Waals surface area contributed by atoms with Crippen LogP contribution in [-0.4, -0.2) is 74.1 Å². The van der Waals surface area contributed by atoms with E-state index in [1.165, 1.54) is 24.8 Å². The molecule has 0 aromatic heterocycles. The van der Waals surface area contributed by atoms with E-state index in [0.29, 0.717) is 0 Å². The van der Waals surface area contributed by atoms with Crippen molar-refractivity contribution in [3.05, 3.63) is 35.9 Å². The minimum atomic E-state index is -0.215. The molecule has 2 heterocycles. The molecule has 1 unspecified atom stereocenters. The monoisotopic (exact) mass is 512 g/mol. The average molecular weight is 512 g/mol. The van der Waals surface area contributed by atoms with E-state index in [9.17, 15) is 4.79 Å². The Labute approximate surface area is 191 Å². The molecule has 2 aliphatic heterocycles. The number of carbonyl (C=O) groups excluding carboxylic acids is 1. The third kappa shape index (κ3) is 4.87. The number of aliphatic imine (C=N–C) groups is 1. The highest BCUT2D eigenvalue weighted by molar-refractivity contribution is 14.0. The molecule has 160 valence electrons. The Morgan fingerprint density at radius 2 is 1.83 bits per heavy atom. The molecule has 1 saturated carbocycles. The Balaban J connectivity index is 0.00000240. The topological polar surface area (TPSA) is 57.2 Å². The first-order valence-electron chi connectivity index (χ1n) is 10.6. The quantitative estimate of drug-likeness (QED) is 0.383. The van der Waals surface area contributed by atoms with Crippen LogP contribution in [-0.2, 0) is 14.9 Å². The number of hydrogen-bond acceptors (Lipinski definition) is 3. The fourth-order valence-corrected chi connectivity index (χ4v) is 4.66. The number of amides is 1. The maximum Gasteiger partial charge on any atom is 0.251 e. The minimum absolute atomic E-state index is 0. The van der Waals surface area contributed by atoms with Crippen LogP contribution in [0.15, 0.2) is 35.3 Å². The highest BCUT2D eigenvalue weighted by Crippen LogP contribution is 2.43. The molecule has 1 aromatic rings. The number of nitrogens with zero attached hydrogens (tertiary/aromatic N) is 3. The molecular weight excluding hydrogens is 479 g/mol. The number of carbonyl (C=O) groups is 1. The van der Waals surface area contributed by atoms with Crippen molar-refractivity contribution in [3.63, 3.8) is 0 Å². The molecule has 2 saturated heterocycles. The van der Waals surface area contributed by atoms with Gasteiger partial charge in [-0.15, -0.1) is 24.0 Å². The van der Waals surface area contributed by atoms with E-state index in [2.05, 4.69) is 45.5 Å². The van der Waals surface area contributed by atoms with Crippen LogP contribution in [0.1, 0.15) is 37.7 Å². The first-order valence-corrected chi connectivity index (χ1v) is 10.6. The van der Waals surface area contributed by atoms with Gasteiger partial charge in [0, 0.05) is 51.8 Å². The van der Waals surface area contributed by atoms with E-state index in [0.717, 1.165) is 58.1 Å². The van der Waals surface area contributed by atoms with E-state index in [1.54, 1.807) is 0 Å². The molecule has 1 N–H and O–H groups in total. The Bertz CT molecular complexity index is 694. The van der Waals surface area contributed by atoms with Gasteiger partial charge in [0.15, 0.2) is 5.96 Å². The van der Waals surface area contributed by atoms with Crippen molar-refractivity contribution >= 4 is 35.8 Å². The maximum atomic E-state index is 12.5. The minimum Gasteiger partial charge on any atom is -0.368 e. The van der Waals surface area contributed by atoms with E-state index in [-0.39, 0.29) is 41.4 Å². The lowest BCUT2D eigenvalue weighted by molar-refractivity contribution is -0.142. The summed E-state index contributed by atoms with van der Waals surface area (Å²) >= 11 is 0. The van der Waals surface area contributed by atoms with Crippen molar-refractivity contribution in [2.24, 2.45) is 4.99 Å². The van der Waals surface area contributed by atoms with Crippen LogP contribution < -0.4 is 5.32 Å². The molecule has 1 aliphatic carbocycles. The molecule has 0 radical (unpaired) electrons. The zero-order valence-electron chi connectivity index (χ0n) is 17.3. The second-order valence-electron chi connectivity index (χ2n) is 8.21. The summed E-state index contributed by atoms with van der Waals surface area (Å²) in [6.45, 7) is 4.74. The molecule has 1 aromatic carbocycles. The molecule has 7 heteroatoms. The fourth-order valence-electron chi connectivity index (χ4n) is 4.66. The summed E-state index contributed by atoms with van der Waals surface area (Å²) in [5.74, 6) is 1.11. The Kier molecular flexibility index (Phi) is 7.79. The summed E-state index contributed by atoms with van der Waals surface area (Å²) in [5, 5.41) is 3.63. The third-order valence-electron chi connectivity index (χ3n) is 6.59. The number of hydrogen-bond donors (Lipinski definition) is 1. The van der Waals surface area contributed by atoms with Gasteiger partial charge in [0.1, 0.15) is 6.10 Å². The Morgan fingerprint density at radius 3 is 2.38 bits per heavy atom. The molecule has 0 bridgehead atoms. The SMILES string of the molecule is CN=C(NCC1(c2ccccc2)CCC1)N1CCN(C(=O)C2CCCO2)CC1.I. The number of ether oxygens (including phenoxy) is 1. The summed E-state index contributed by atoms with van der Waals surface area (Å²) in [6.07, 6.45) is 5.39.